The van der Waals surface area contributed by atoms with E-state index in [1.165, 1.54) is 0 Å². The van der Waals surface area contributed by atoms with E-state index in [4.69, 9.17) is 14.6 Å². The number of carboxylic acid groups (broad SMARTS) is 1. The van der Waals surface area contributed by atoms with E-state index in [2.05, 4.69) is 5.32 Å². The van der Waals surface area contributed by atoms with Gasteiger partial charge < -0.3 is 19.9 Å². The molecule has 1 heterocycles. The zero-order valence-electron chi connectivity index (χ0n) is 11.8. The van der Waals surface area contributed by atoms with Crippen molar-refractivity contribution in [1.82, 2.24) is 5.32 Å². The standard InChI is InChI=1S/C9H16O4.C4H7NO/c1-4-7(8(10)11)9(12-5-2)13-6-3;6-4-2-1-3-5-4/h4-6H2,1-3H3,(H,10,11);1-3H2,(H,5,6). The van der Waals surface area contributed by atoms with Crippen molar-refractivity contribution < 1.29 is 24.2 Å². The summed E-state index contributed by atoms with van der Waals surface area (Å²) < 4.78 is 10.1. The lowest BCUT2D eigenvalue weighted by molar-refractivity contribution is -0.133. The van der Waals surface area contributed by atoms with Gasteiger partial charge in [-0.3, -0.25) is 4.79 Å². The van der Waals surface area contributed by atoms with E-state index in [1.54, 1.807) is 20.8 Å². The highest BCUT2D eigenvalue weighted by Gasteiger charge is 2.14. The molecule has 6 nitrogen and oxygen atoms in total. The molecule has 0 bridgehead atoms. The van der Waals surface area contributed by atoms with Crippen molar-refractivity contribution in [2.24, 2.45) is 0 Å². The Bertz CT molecular complexity index is 309. The molecule has 0 atom stereocenters. The molecular formula is C13H23NO5. The van der Waals surface area contributed by atoms with Gasteiger partial charge in [-0.15, -0.1) is 0 Å². The van der Waals surface area contributed by atoms with E-state index in [0.29, 0.717) is 19.6 Å². The fourth-order valence-electron chi connectivity index (χ4n) is 1.43. The fourth-order valence-corrected chi connectivity index (χ4v) is 1.43. The summed E-state index contributed by atoms with van der Waals surface area (Å²) in [5.41, 5.74) is 0.184. The highest BCUT2D eigenvalue weighted by atomic mass is 16.7. The van der Waals surface area contributed by atoms with E-state index in [9.17, 15) is 9.59 Å². The molecule has 0 aromatic carbocycles. The van der Waals surface area contributed by atoms with E-state index in [1.807, 2.05) is 0 Å². The van der Waals surface area contributed by atoms with Gasteiger partial charge in [-0.05, 0) is 26.7 Å². The smallest absolute Gasteiger partial charge is 0.338 e. The molecule has 0 unspecified atom stereocenters. The summed E-state index contributed by atoms with van der Waals surface area (Å²) >= 11 is 0. The maximum atomic E-state index is 10.7. The largest absolute Gasteiger partial charge is 0.478 e. The topological polar surface area (TPSA) is 84.9 Å². The van der Waals surface area contributed by atoms with E-state index in [-0.39, 0.29) is 17.4 Å². The Morgan fingerprint density at radius 3 is 2.05 bits per heavy atom. The van der Waals surface area contributed by atoms with Gasteiger partial charge in [0, 0.05) is 13.0 Å². The van der Waals surface area contributed by atoms with Crippen molar-refractivity contribution >= 4 is 11.9 Å². The van der Waals surface area contributed by atoms with Gasteiger partial charge in [-0.1, -0.05) is 6.92 Å². The van der Waals surface area contributed by atoms with Crippen LogP contribution >= 0.6 is 0 Å². The monoisotopic (exact) mass is 273 g/mol. The molecule has 19 heavy (non-hydrogen) atoms. The van der Waals surface area contributed by atoms with Crippen LogP contribution < -0.4 is 5.32 Å². The Hall–Kier alpha value is -1.72. The minimum Gasteiger partial charge on any atom is -0.478 e. The molecule has 1 rings (SSSR count). The third kappa shape index (κ3) is 7.33. The number of hydrogen-bond donors (Lipinski definition) is 2. The Labute approximate surface area is 113 Å². The first-order valence-electron chi connectivity index (χ1n) is 6.55. The second-order valence-corrected chi connectivity index (χ2v) is 3.74. The molecule has 0 spiro atoms. The first-order chi connectivity index (χ1) is 9.06. The van der Waals surface area contributed by atoms with Crippen LogP contribution in [0.5, 0.6) is 0 Å². The second-order valence-electron chi connectivity index (χ2n) is 3.74. The molecule has 2 N–H and O–H groups in total. The molecule has 0 aromatic heterocycles. The summed E-state index contributed by atoms with van der Waals surface area (Å²) in [6.07, 6.45) is 2.16. The van der Waals surface area contributed by atoms with E-state index < -0.39 is 5.97 Å². The van der Waals surface area contributed by atoms with Gasteiger partial charge in [0.1, 0.15) is 5.57 Å². The normalized spacial score (nSPS) is 12.9. The molecule has 1 aliphatic rings. The summed E-state index contributed by atoms with van der Waals surface area (Å²) in [4.78, 5) is 20.8. The van der Waals surface area contributed by atoms with Crippen molar-refractivity contribution in [3.8, 4) is 0 Å². The molecule has 1 aliphatic heterocycles. The number of ether oxygens (including phenoxy) is 2. The van der Waals surface area contributed by atoms with Crippen LogP contribution in [0.2, 0.25) is 0 Å². The average Bonchev–Trinajstić information content (AvgIpc) is 2.82. The summed E-state index contributed by atoms with van der Waals surface area (Å²) in [6, 6.07) is 0. The average molecular weight is 273 g/mol. The zero-order chi connectivity index (χ0) is 14.7. The third-order valence-electron chi connectivity index (χ3n) is 2.31. The van der Waals surface area contributed by atoms with Crippen molar-refractivity contribution in [2.75, 3.05) is 19.8 Å². The van der Waals surface area contributed by atoms with Crippen molar-refractivity contribution in [2.45, 2.75) is 40.0 Å². The fraction of sp³-hybridized carbons (Fsp3) is 0.692. The minimum absolute atomic E-state index is 0.139. The van der Waals surface area contributed by atoms with Crippen LogP contribution in [-0.2, 0) is 19.1 Å². The molecule has 1 fully saturated rings. The van der Waals surface area contributed by atoms with Crippen LogP contribution in [0.15, 0.2) is 11.5 Å². The van der Waals surface area contributed by atoms with Crippen LogP contribution in [-0.4, -0.2) is 36.7 Å². The summed E-state index contributed by atoms with van der Waals surface area (Å²) in [6.45, 7) is 7.03. The van der Waals surface area contributed by atoms with Crippen LogP contribution in [0.1, 0.15) is 40.0 Å². The molecule has 110 valence electrons. The molecule has 0 radical (unpaired) electrons. The highest BCUT2D eigenvalue weighted by molar-refractivity contribution is 5.86. The molecule has 1 saturated heterocycles. The number of carbonyl (C=O) groups excluding carboxylic acids is 1. The molecular weight excluding hydrogens is 250 g/mol. The van der Waals surface area contributed by atoms with Gasteiger partial charge in [0.05, 0.1) is 13.2 Å². The number of hydrogen-bond acceptors (Lipinski definition) is 4. The SMILES string of the molecule is CCOC(OCC)=C(CC)C(=O)O.O=C1CCCN1. The van der Waals surface area contributed by atoms with Gasteiger partial charge in [0.2, 0.25) is 5.91 Å². The molecule has 0 aromatic rings. The van der Waals surface area contributed by atoms with Crippen molar-refractivity contribution in [1.29, 1.82) is 0 Å². The number of aliphatic carboxylic acids is 1. The van der Waals surface area contributed by atoms with Gasteiger partial charge in [-0.2, -0.15) is 0 Å². The van der Waals surface area contributed by atoms with E-state index in [0.717, 1.165) is 19.4 Å². The quantitative estimate of drug-likeness (QED) is 0.568. The molecule has 1 amide bonds. The maximum Gasteiger partial charge on any atom is 0.338 e. The van der Waals surface area contributed by atoms with Gasteiger partial charge in [0.25, 0.3) is 5.95 Å². The molecule has 6 heteroatoms. The molecule has 0 saturated carbocycles. The minimum atomic E-state index is -0.987. The zero-order valence-corrected chi connectivity index (χ0v) is 11.8. The van der Waals surface area contributed by atoms with Gasteiger partial charge in [0.15, 0.2) is 0 Å². The maximum absolute atomic E-state index is 10.7. The van der Waals surface area contributed by atoms with Crippen LogP contribution in [0.4, 0.5) is 0 Å². The Balaban J connectivity index is 0.000000443. The molecule has 0 aliphatic carbocycles. The number of carbonyl (C=O) groups is 2. The van der Waals surface area contributed by atoms with Crippen LogP contribution in [0.3, 0.4) is 0 Å². The number of amides is 1. The van der Waals surface area contributed by atoms with Crippen LogP contribution in [0, 0.1) is 0 Å². The number of carboxylic acids is 1. The Morgan fingerprint density at radius 1 is 1.26 bits per heavy atom. The van der Waals surface area contributed by atoms with Crippen molar-refractivity contribution in [3.63, 3.8) is 0 Å². The first kappa shape index (κ1) is 17.3. The van der Waals surface area contributed by atoms with Crippen molar-refractivity contribution in [3.05, 3.63) is 11.5 Å². The number of rotatable bonds is 6. The first-order valence-corrected chi connectivity index (χ1v) is 6.55. The van der Waals surface area contributed by atoms with Crippen LogP contribution in [0.25, 0.3) is 0 Å². The summed E-state index contributed by atoms with van der Waals surface area (Å²) in [7, 11) is 0. The number of nitrogens with one attached hydrogen (secondary N) is 1. The summed E-state index contributed by atoms with van der Waals surface area (Å²) in [5.74, 6) is -0.644. The third-order valence-corrected chi connectivity index (χ3v) is 2.31. The lowest BCUT2D eigenvalue weighted by Gasteiger charge is -2.11. The lowest BCUT2D eigenvalue weighted by Crippen LogP contribution is -2.12. The van der Waals surface area contributed by atoms with E-state index >= 15 is 0 Å². The second kappa shape index (κ2) is 10.2. The lowest BCUT2D eigenvalue weighted by atomic mass is 10.2. The predicted molar refractivity (Wildman–Crippen MR) is 70.4 cm³/mol. The van der Waals surface area contributed by atoms with Gasteiger partial charge in [-0.25, -0.2) is 4.79 Å². The summed E-state index contributed by atoms with van der Waals surface area (Å²) in [5, 5.41) is 11.5. The Morgan fingerprint density at radius 2 is 1.84 bits per heavy atom. The predicted octanol–water partition coefficient (Wildman–Crippen LogP) is 1.66. The Kier molecular flexibility index (Phi) is 9.30. The van der Waals surface area contributed by atoms with Gasteiger partial charge >= 0.3 is 5.97 Å². The highest BCUT2D eigenvalue weighted by Crippen LogP contribution is 2.12.